The lowest BCUT2D eigenvalue weighted by Crippen LogP contribution is -2.34. The first kappa shape index (κ1) is 18.3. The number of hydrogen-bond acceptors (Lipinski definition) is 4. The van der Waals surface area contributed by atoms with Crippen LogP contribution < -0.4 is 14.8 Å². The number of amides is 1. The molecule has 6 nitrogen and oxygen atoms in total. The van der Waals surface area contributed by atoms with Gasteiger partial charge in [0, 0.05) is 0 Å². The molecule has 0 saturated carbocycles. The van der Waals surface area contributed by atoms with E-state index < -0.39 is 17.9 Å². The van der Waals surface area contributed by atoms with Gasteiger partial charge in [-0.2, -0.15) is 0 Å². The van der Waals surface area contributed by atoms with Crippen molar-refractivity contribution in [3.63, 3.8) is 0 Å². The molecule has 25 heavy (non-hydrogen) atoms. The molecular formula is C19H21NO5. The summed E-state index contributed by atoms with van der Waals surface area (Å²) >= 11 is 0. The lowest BCUT2D eigenvalue weighted by Gasteiger charge is -2.17. The number of aliphatic carboxylic acids is 1. The van der Waals surface area contributed by atoms with Crippen LogP contribution in [0, 0.1) is 13.8 Å². The summed E-state index contributed by atoms with van der Waals surface area (Å²) in [5.74, 6) is -0.880. The van der Waals surface area contributed by atoms with Crippen LogP contribution in [0.15, 0.2) is 36.4 Å². The molecule has 0 fully saturated rings. The Labute approximate surface area is 146 Å². The monoisotopic (exact) mass is 343 g/mol. The Morgan fingerprint density at radius 3 is 2.16 bits per heavy atom. The minimum atomic E-state index is -1.16. The smallest absolute Gasteiger partial charge is 0.330 e. The molecule has 0 radical (unpaired) electrons. The number of ether oxygens (including phenoxy) is 2. The Morgan fingerprint density at radius 2 is 1.64 bits per heavy atom. The van der Waals surface area contributed by atoms with Crippen LogP contribution in [0.3, 0.4) is 0 Å². The van der Waals surface area contributed by atoms with Crippen LogP contribution in [0.2, 0.25) is 0 Å². The van der Waals surface area contributed by atoms with Crippen molar-refractivity contribution in [3.05, 3.63) is 58.7 Å². The van der Waals surface area contributed by atoms with Crippen molar-refractivity contribution in [1.29, 1.82) is 0 Å². The van der Waals surface area contributed by atoms with E-state index in [-0.39, 0.29) is 5.56 Å². The Hall–Kier alpha value is -3.02. The number of hydrogen-bond donors (Lipinski definition) is 2. The summed E-state index contributed by atoms with van der Waals surface area (Å²) in [5.41, 5.74) is 2.57. The van der Waals surface area contributed by atoms with Gasteiger partial charge in [0.25, 0.3) is 5.91 Å². The lowest BCUT2D eigenvalue weighted by molar-refractivity contribution is -0.139. The third-order valence-corrected chi connectivity index (χ3v) is 3.75. The number of nitrogens with one attached hydrogen (secondary N) is 1. The molecule has 0 aliphatic heterocycles. The van der Waals surface area contributed by atoms with Crippen LogP contribution in [0.4, 0.5) is 0 Å². The van der Waals surface area contributed by atoms with E-state index in [0.29, 0.717) is 17.1 Å². The van der Waals surface area contributed by atoms with E-state index in [1.54, 1.807) is 24.3 Å². The first-order valence-corrected chi connectivity index (χ1v) is 7.69. The van der Waals surface area contributed by atoms with Gasteiger partial charge in [-0.15, -0.1) is 0 Å². The maximum Gasteiger partial charge on any atom is 0.330 e. The average Bonchev–Trinajstić information content (AvgIpc) is 2.57. The van der Waals surface area contributed by atoms with Crippen LogP contribution in [0.25, 0.3) is 0 Å². The molecule has 0 bridgehead atoms. The van der Waals surface area contributed by atoms with E-state index in [4.69, 9.17) is 9.47 Å². The van der Waals surface area contributed by atoms with E-state index in [9.17, 15) is 14.7 Å². The number of carboxylic acids is 1. The highest BCUT2D eigenvalue weighted by molar-refractivity contribution is 5.99. The molecule has 2 rings (SSSR count). The first-order chi connectivity index (χ1) is 11.8. The maximum atomic E-state index is 12.6. The fraction of sp³-hybridized carbons (Fsp3) is 0.263. The summed E-state index contributed by atoms with van der Waals surface area (Å²) in [4.78, 5) is 24.3. The van der Waals surface area contributed by atoms with Crippen LogP contribution in [-0.2, 0) is 4.79 Å². The van der Waals surface area contributed by atoms with Crippen molar-refractivity contribution in [1.82, 2.24) is 5.32 Å². The van der Waals surface area contributed by atoms with Gasteiger partial charge in [-0.1, -0.05) is 29.3 Å². The Morgan fingerprint density at radius 1 is 1.00 bits per heavy atom. The molecule has 2 aromatic carbocycles. The fourth-order valence-corrected chi connectivity index (χ4v) is 2.66. The number of methoxy groups -OCH3 is 2. The molecule has 0 heterocycles. The van der Waals surface area contributed by atoms with E-state index in [1.165, 1.54) is 20.3 Å². The van der Waals surface area contributed by atoms with Crippen LogP contribution in [-0.4, -0.2) is 31.2 Å². The normalized spacial score (nSPS) is 11.5. The minimum absolute atomic E-state index is 0.206. The molecule has 132 valence electrons. The zero-order valence-corrected chi connectivity index (χ0v) is 14.6. The summed E-state index contributed by atoms with van der Waals surface area (Å²) in [7, 11) is 2.93. The molecule has 2 aromatic rings. The Bertz CT molecular complexity index is 780. The van der Waals surface area contributed by atoms with Gasteiger partial charge in [-0.05, 0) is 37.6 Å². The second kappa shape index (κ2) is 7.70. The standard InChI is InChI=1S/C19H21NO5/c1-11-7-12(2)9-13(8-11)17(19(22)23)20-18(21)15-10-14(24-3)5-6-16(15)25-4/h5-10,17H,1-4H3,(H,20,21)(H,22,23). The molecular weight excluding hydrogens is 322 g/mol. The van der Waals surface area contributed by atoms with Gasteiger partial charge in [0.15, 0.2) is 6.04 Å². The van der Waals surface area contributed by atoms with E-state index >= 15 is 0 Å². The van der Waals surface area contributed by atoms with Gasteiger partial charge in [0.2, 0.25) is 0 Å². The second-order valence-electron chi connectivity index (χ2n) is 5.73. The summed E-state index contributed by atoms with van der Waals surface area (Å²) < 4.78 is 10.3. The van der Waals surface area contributed by atoms with Gasteiger partial charge < -0.3 is 19.9 Å². The van der Waals surface area contributed by atoms with Crippen molar-refractivity contribution in [2.45, 2.75) is 19.9 Å². The second-order valence-corrected chi connectivity index (χ2v) is 5.73. The lowest BCUT2D eigenvalue weighted by atomic mass is 10.0. The highest BCUT2D eigenvalue weighted by Crippen LogP contribution is 2.25. The van der Waals surface area contributed by atoms with Crippen molar-refractivity contribution in [3.8, 4) is 11.5 Å². The summed E-state index contributed by atoms with van der Waals surface area (Å²) in [5, 5.41) is 12.1. The average molecular weight is 343 g/mol. The Balaban J connectivity index is 2.37. The molecule has 1 unspecified atom stereocenters. The predicted molar refractivity (Wildman–Crippen MR) is 93.3 cm³/mol. The van der Waals surface area contributed by atoms with E-state index in [0.717, 1.165) is 11.1 Å². The number of benzene rings is 2. The highest BCUT2D eigenvalue weighted by Gasteiger charge is 2.25. The highest BCUT2D eigenvalue weighted by atomic mass is 16.5. The van der Waals surface area contributed by atoms with Crippen LogP contribution >= 0.6 is 0 Å². The third kappa shape index (κ3) is 4.29. The molecule has 1 atom stereocenters. The number of carboxylic acid groups (broad SMARTS) is 1. The van der Waals surface area contributed by atoms with Crippen molar-refractivity contribution >= 4 is 11.9 Å². The largest absolute Gasteiger partial charge is 0.497 e. The minimum Gasteiger partial charge on any atom is -0.497 e. The van der Waals surface area contributed by atoms with Crippen molar-refractivity contribution < 1.29 is 24.2 Å². The molecule has 0 spiro atoms. The molecule has 2 N–H and O–H groups in total. The molecule has 0 aliphatic rings. The number of carbonyl (C=O) groups is 2. The molecule has 0 aliphatic carbocycles. The maximum absolute atomic E-state index is 12.6. The molecule has 0 aromatic heterocycles. The summed E-state index contributed by atoms with van der Waals surface area (Å²) in [6, 6.07) is 9.03. The van der Waals surface area contributed by atoms with E-state index in [2.05, 4.69) is 5.32 Å². The predicted octanol–water partition coefficient (Wildman–Crippen LogP) is 2.88. The van der Waals surface area contributed by atoms with Crippen LogP contribution in [0.1, 0.15) is 33.1 Å². The van der Waals surface area contributed by atoms with Gasteiger partial charge in [0.1, 0.15) is 11.5 Å². The van der Waals surface area contributed by atoms with Crippen molar-refractivity contribution in [2.24, 2.45) is 0 Å². The quantitative estimate of drug-likeness (QED) is 0.842. The van der Waals surface area contributed by atoms with Gasteiger partial charge in [-0.25, -0.2) is 4.79 Å². The van der Waals surface area contributed by atoms with Gasteiger partial charge in [0.05, 0.1) is 19.8 Å². The third-order valence-electron chi connectivity index (χ3n) is 3.75. The summed E-state index contributed by atoms with van der Waals surface area (Å²) in [6.07, 6.45) is 0. The molecule has 6 heteroatoms. The first-order valence-electron chi connectivity index (χ1n) is 7.69. The zero-order chi connectivity index (χ0) is 18.6. The Kier molecular flexibility index (Phi) is 5.64. The number of aryl methyl sites for hydroxylation is 2. The SMILES string of the molecule is COc1ccc(OC)c(C(=O)NC(C(=O)O)c2cc(C)cc(C)c2)c1. The van der Waals surface area contributed by atoms with Gasteiger partial charge in [-0.3, -0.25) is 4.79 Å². The summed E-state index contributed by atoms with van der Waals surface area (Å²) in [6.45, 7) is 3.75. The number of rotatable bonds is 6. The topological polar surface area (TPSA) is 84.9 Å². The fourth-order valence-electron chi connectivity index (χ4n) is 2.66. The number of carbonyl (C=O) groups excluding carboxylic acids is 1. The van der Waals surface area contributed by atoms with Crippen LogP contribution in [0.5, 0.6) is 11.5 Å². The van der Waals surface area contributed by atoms with Crippen molar-refractivity contribution in [2.75, 3.05) is 14.2 Å². The zero-order valence-electron chi connectivity index (χ0n) is 14.6. The van der Waals surface area contributed by atoms with E-state index in [1.807, 2.05) is 19.9 Å². The molecule has 1 amide bonds. The molecule has 0 saturated heterocycles. The van der Waals surface area contributed by atoms with Gasteiger partial charge >= 0.3 is 5.97 Å².